The molecular formula is C8H12O3Y-2. The Kier molecular flexibility index (Phi) is 8.99. The second-order valence-corrected chi connectivity index (χ2v) is 2.01. The Morgan fingerprint density at radius 3 is 2.25 bits per heavy atom. The number of esters is 1. The van der Waals surface area contributed by atoms with Crippen LogP contribution in [0.4, 0.5) is 0 Å². The predicted molar refractivity (Wildman–Crippen MR) is 41.4 cm³/mol. The molecule has 12 heavy (non-hydrogen) atoms. The molecule has 0 fully saturated rings. The number of carbonyl (C=O) groups is 1. The van der Waals surface area contributed by atoms with Gasteiger partial charge in [-0.25, -0.2) is 0 Å². The monoisotopic (exact) mass is 245 g/mol. The van der Waals surface area contributed by atoms with Gasteiger partial charge in [-0.15, -0.1) is 0 Å². The van der Waals surface area contributed by atoms with Crippen molar-refractivity contribution in [1.82, 2.24) is 0 Å². The third-order valence-electron chi connectivity index (χ3n) is 1.09. The van der Waals surface area contributed by atoms with Crippen molar-refractivity contribution in [2.24, 2.45) is 0 Å². The van der Waals surface area contributed by atoms with E-state index in [2.05, 4.69) is 18.6 Å². The molecule has 0 atom stereocenters. The SMILES string of the molecule is [CH2-]/C(COC(C)=O)=C(\[CH2-])OC.[Y]. The average Bonchev–Trinajstić information content (AvgIpc) is 1.98. The molecule has 0 unspecified atom stereocenters. The Hall–Kier alpha value is -0.146. The van der Waals surface area contributed by atoms with Gasteiger partial charge in [0.2, 0.25) is 0 Å². The normalized spacial score (nSPS) is 10.8. The molecule has 0 aromatic heterocycles. The zero-order valence-electron chi connectivity index (χ0n) is 7.42. The van der Waals surface area contributed by atoms with E-state index in [9.17, 15) is 4.79 Å². The molecule has 1 radical (unpaired) electrons. The molecule has 0 spiro atoms. The number of hydrogen-bond donors (Lipinski definition) is 0. The Morgan fingerprint density at radius 1 is 1.42 bits per heavy atom. The maximum absolute atomic E-state index is 10.3. The first kappa shape index (κ1) is 14.4. The molecule has 0 aliphatic rings. The fourth-order valence-electron chi connectivity index (χ4n) is 0.414. The molecule has 67 valence electrons. The fourth-order valence-corrected chi connectivity index (χ4v) is 0.414. The molecule has 0 aliphatic carbocycles. The van der Waals surface area contributed by atoms with Crippen molar-refractivity contribution >= 4 is 5.97 Å². The summed E-state index contributed by atoms with van der Waals surface area (Å²) in [5.74, 6) is 0.0984. The quantitative estimate of drug-likeness (QED) is 0.424. The van der Waals surface area contributed by atoms with Gasteiger partial charge in [0.05, 0.1) is 0 Å². The van der Waals surface area contributed by atoms with E-state index in [0.717, 1.165) is 0 Å². The number of carbonyl (C=O) groups excluding carboxylic acids is 1. The van der Waals surface area contributed by atoms with Crippen LogP contribution in [-0.4, -0.2) is 19.7 Å². The van der Waals surface area contributed by atoms with Crippen LogP contribution < -0.4 is 0 Å². The number of allylic oxidation sites excluding steroid dienone is 1. The van der Waals surface area contributed by atoms with Crippen LogP contribution in [0.1, 0.15) is 6.92 Å². The van der Waals surface area contributed by atoms with E-state index in [1.54, 1.807) is 0 Å². The molecule has 0 rings (SSSR count). The molecule has 0 heterocycles. The van der Waals surface area contributed by atoms with Crippen LogP contribution >= 0.6 is 0 Å². The van der Waals surface area contributed by atoms with Gasteiger partial charge in [0.15, 0.2) is 0 Å². The molecule has 0 amide bonds. The topological polar surface area (TPSA) is 35.5 Å². The predicted octanol–water partition coefficient (Wildman–Crippen LogP) is 1.12. The van der Waals surface area contributed by atoms with E-state index in [1.165, 1.54) is 14.0 Å². The van der Waals surface area contributed by atoms with Crippen molar-refractivity contribution in [1.29, 1.82) is 0 Å². The van der Waals surface area contributed by atoms with Gasteiger partial charge < -0.3 is 16.4 Å². The van der Waals surface area contributed by atoms with Crippen molar-refractivity contribution in [2.75, 3.05) is 13.7 Å². The zero-order valence-corrected chi connectivity index (χ0v) is 10.3. The second kappa shape index (κ2) is 7.50. The summed E-state index contributed by atoms with van der Waals surface area (Å²) in [6.07, 6.45) is 0. The molecule has 0 aromatic carbocycles. The van der Waals surface area contributed by atoms with Crippen molar-refractivity contribution in [3.05, 3.63) is 25.2 Å². The largest absolute Gasteiger partial charge is 0.617 e. The van der Waals surface area contributed by atoms with Crippen LogP contribution in [0.25, 0.3) is 0 Å². The minimum Gasteiger partial charge on any atom is -0.617 e. The van der Waals surface area contributed by atoms with Crippen molar-refractivity contribution < 1.29 is 47.0 Å². The van der Waals surface area contributed by atoms with Gasteiger partial charge in [-0.1, -0.05) is 0 Å². The standard InChI is InChI=1S/C8H12O3.Y/c1-6(7(2)10-4)5-11-8(3)9;/h1-2,5H2,3-4H3;/q-2;/b7-6-;. The molecule has 3 nitrogen and oxygen atoms in total. The minimum absolute atomic E-state index is 0. The van der Waals surface area contributed by atoms with Gasteiger partial charge in [0.25, 0.3) is 0 Å². The maximum atomic E-state index is 10.3. The van der Waals surface area contributed by atoms with Crippen molar-refractivity contribution in [3.63, 3.8) is 0 Å². The van der Waals surface area contributed by atoms with Gasteiger partial charge in [-0.2, -0.15) is 5.76 Å². The fraction of sp³-hybridized carbons (Fsp3) is 0.375. The zero-order chi connectivity index (χ0) is 8.85. The summed E-state index contributed by atoms with van der Waals surface area (Å²) in [5.41, 5.74) is 0.572. The first-order chi connectivity index (χ1) is 5.07. The van der Waals surface area contributed by atoms with Gasteiger partial charge in [0, 0.05) is 53.3 Å². The Labute approximate surface area is 98.4 Å². The number of hydrogen-bond acceptors (Lipinski definition) is 3. The van der Waals surface area contributed by atoms with Gasteiger partial charge >= 0.3 is 5.97 Å². The summed E-state index contributed by atoms with van der Waals surface area (Å²) in [4.78, 5) is 10.3. The van der Waals surface area contributed by atoms with Gasteiger partial charge in [-0.3, -0.25) is 17.3 Å². The Balaban J connectivity index is 0. The van der Waals surface area contributed by atoms with Crippen LogP contribution in [-0.2, 0) is 47.0 Å². The van der Waals surface area contributed by atoms with E-state index in [4.69, 9.17) is 4.74 Å². The van der Waals surface area contributed by atoms with E-state index in [0.29, 0.717) is 11.3 Å². The molecule has 0 aliphatic heterocycles. The van der Waals surface area contributed by atoms with Crippen molar-refractivity contribution in [2.45, 2.75) is 6.92 Å². The van der Waals surface area contributed by atoms with Crippen molar-refractivity contribution in [3.8, 4) is 0 Å². The first-order valence-corrected chi connectivity index (χ1v) is 3.12. The van der Waals surface area contributed by atoms with E-state index in [-0.39, 0.29) is 45.3 Å². The second-order valence-electron chi connectivity index (χ2n) is 2.01. The third kappa shape index (κ3) is 6.56. The van der Waals surface area contributed by atoms with Crippen LogP contribution in [0.3, 0.4) is 0 Å². The average molecular weight is 245 g/mol. The van der Waals surface area contributed by atoms with Crippen LogP contribution in [0.2, 0.25) is 0 Å². The summed E-state index contributed by atoms with van der Waals surface area (Å²) < 4.78 is 9.41. The minimum atomic E-state index is -0.338. The van der Waals surface area contributed by atoms with E-state index in [1.807, 2.05) is 0 Å². The summed E-state index contributed by atoms with van der Waals surface area (Å²) in [5, 5.41) is 0. The summed E-state index contributed by atoms with van der Waals surface area (Å²) in [6, 6.07) is 0. The summed E-state index contributed by atoms with van der Waals surface area (Å²) in [6.45, 7) is 8.61. The molecule has 0 aromatic rings. The molecule has 0 N–H and O–H groups in total. The summed E-state index contributed by atoms with van der Waals surface area (Å²) in [7, 11) is 1.49. The van der Waals surface area contributed by atoms with Crippen LogP contribution in [0.5, 0.6) is 0 Å². The van der Waals surface area contributed by atoms with Gasteiger partial charge in [0.1, 0.15) is 0 Å². The molecule has 0 bridgehead atoms. The summed E-state index contributed by atoms with van der Waals surface area (Å²) >= 11 is 0. The van der Waals surface area contributed by atoms with Gasteiger partial charge in [-0.05, 0) is 0 Å². The Morgan fingerprint density at radius 2 is 1.92 bits per heavy atom. The smallest absolute Gasteiger partial charge is 0.301 e. The van der Waals surface area contributed by atoms with Crippen LogP contribution in [0, 0.1) is 13.8 Å². The maximum Gasteiger partial charge on any atom is 0.301 e. The molecule has 4 heteroatoms. The van der Waals surface area contributed by atoms with E-state index >= 15 is 0 Å². The third-order valence-corrected chi connectivity index (χ3v) is 1.09. The number of ether oxygens (including phenoxy) is 2. The molecular weight excluding hydrogens is 233 g/mol. The number of methoxy groups -OCH3 is 1. The van der Waals surface area contributed by atoms with E-state index < -0.39 is 0 Å². The first-order valence-electron chi connectivity index (χ1n) is 3.12. The molecule has 0 saturated heterocycles. The number of rotatable bonds is 3. The van der Waals surface area contributed by atoms with Crippen LogP contribution in [0.15, 0.2) is 11.3 Å². The Bertz CT molecular complexity index is 175. The molecule has 0 saturated carbocycles.